The van der Waals surface area contributed by atoms with Crippen molar-refractivity contribution in [3.63, 3.8) is 0 Å². The summed E-state index contributed by atoms with van der Waals surface area (Å²) in [5.74, 6) is 0.422. The molecule has 2 atom stereocenters. The Bertz CT molecular complexity index is 204. The molecule has 0 bridgehead atoms. The van der Waals surface area contributed by atoms with Gasteiger partial charge in [-0.1, -0.05) is 12.8 Å². The van der Waals surface area contributed by atoms with Crippen molar-refractivity contribution in [1.82, 2.24) is 5.32 Å². The highest BCUT2D eigenvalue weighted by atomic mass is 16.5. The van der Waals surface area contributed by atoms with Crippen molar-refractivity contribution in [2.24, 2.45) is 5.92 Å². The first-order chi connectivity index (χ1) is 9.34. The fourth-order valence-corrected chi connectivity index (χ4v) is 2.32. The van der Waals surface area contributed by atoms with E-state index < -0.39 is 0 Å². The summed E-state index contributed by atoms with van der Waals surface area (Å²) in [7, 11) is 1.66. The first-order valence-electron chi connectivity index (χ1n) is 7.38. The van der Waals surface area contributed by atoms with Gasteiger partial charge in [-0.15, -0.1) is 0 Å². The predicted octanol–water partition coefficient (Wildman–Crippen LogP) is 0.807. The lowest BCUT2D eigenvalue weighted by atomic mass is 9.86. The molecule has 19 heavy (non-hydrogen) atoms. The van der Waals surface area contributed by atoms with Crippen LogP contribution in [0.3, 0.4) is 0 Å². The number of nitrogens with one attached hydrogen (secondary N) is 1. The summed E-state index contributed by atoms with van der Waals surface area (Å²) in [6, 6.07) is 0. The highest BCUT2D eigenvalue weighted by Crippen LogP contribution is 2.23. The Hall–Kier alpha value is -0.200. The van der Waals surface area contributed by atoms with Gasteiger partial charge >= 0.3 is 0 Å². The van der Waals surface area contributed by atoms with Crippen LogP contribution in [0.5, 0.6) is 0 Å². The molecule has 0 aromatic rings. The number of hydrogen-bond acceptors (Lipinski definition) is 5. The van der Waals surface area contributed by atoms with E-state index in [1.807, 2.05) is 0 Å². The van der Waals surface area contributed by atoms with Gasteiger partial charge in [-0.3, -0.25) is 0 Å². The summed E-state index contributed by atoms with van der Waals surface area (Å²) >= 11 is 0. The number of rotatable bonds is 11. The van der Waals surface area contributed by atoms with E-state index in [1.165, 1.54) is 12.8 Å². The third-order valence-corrected chi connectivity index (χ3v) is 3.50. The SMILES string of the molecule is COCCOCCOCCNCC1CCCCC1O. The summed E-state index contributed by atoms with van der Waals surface area (Å²) in [6.07, 6.45) is 4.41. The predicted molar refractivity (Wildman–Crippen MR) is 74.3 cm³/mol. The van der Waals surface area contributed by atoms with Crippen molar-refractivity contribution in [1.29, 1.82) is 0 Å². The second-order valence-electron chi connectivity index (χ2n) is 5.03. The van der Waals surface area contributed by atoms with Gasteiger partial charge in [0.05, 0.1) is 39.1 Å². The lowest BCUT2D eigenvalue weighted by molar-refractivity contribution is 0.0246. The van der Waals surface area contributed by atoms with E-state index in [2.05, 4.69) is 5.32 Å². The third kappa shape index (κ3) is 8.55. The molecule has 5 nitrogen and oxygen atoms in total. The van der Waals surface area contributed by atoms with Gasteiger partial charge in [-0.05, 0) is 18.8 Å². The average Bonchev–Trinajstić information content (AvgIpc) is 2.43. The van der Waals surface area contributed by atoms with E-state index in [4.69, 9.17) is 14.2 Å². The van der Waals surface area contributed by atoms with Crippen molar-refractivity contribution >= 4 is 0 Å². The molecular formula is C14H29NO4. The Balaban J connectivity index is 1.80. The Kier molecular flexibility index (Phi) is 10.3. The van der Waals surface area contributed by atoms with Crippen molar-refractivity contribution in [3.8, 4) is 0 Å². The van der Waals surface area contributed by atoms with Crippen LogP contribution in [0, 0.1) is 5.92 Å². The summed E-state index contributed by atoms with van der Waals surface area (Å²) < 4.78 is 15.6. The van der Waals surface area contributed by atoms with E-state index in [-0.39, 0.29) is 6.10 Å². The van der Waals surface area contributed by atoms with E-state index >= 15 is 0 Å². The van der Waals surface area contributed by atoms with Crippen LogP contribution in [0.4, 0.5) is 0 Å². The molecule has 1 aliphatic carbocycles. The smallest absolute Gasteiger partial charge is 0.0701 e. The molecule has 0 aliphatic heterocycles. The fraction of sp³-hybridized carbons (Fsp3) is 1.00. The molecule has 2 N–H and O–H groups in total. The molecule has 0 aromatic heterocycles. The van der Waals surface area contributed by atoms with E-state index in [9.17, 15) is 5.11 Å². The van der Waals surface area contributed by atoms with Crippen LogP contribution in [0.1, 0.15) is 25.7 Å². The molecule has 0 aromatic carbocycles. The van der Waals surface area contributed by atoms with Gasteiger partial charge in [-0.2, -0.15) is 0 Å². The minimum atomic E-state index is -0.114. The first kappa shape index (κ1) is 16.9. The standard InChI is InChI=1S/C14H29NO4/c1-17-8-9-19-11-10-18-7-6-15-12-13-4-2-3-5-14(13)16/h13-16H,2-12H2,1H3. The maximum absolute atomic E-state index is 9.81. The number of methoxy groups -OCH3 is 1. The average molecular weight is 275 g/mol. The molecule has 5 heteroatoms. The van der Waals surface area contributed by atoms with Gasteiger partial charge in [0.25, 0.3) is 0 Å². The number of aliphatic hydroxyl groups is 1. The van der Waals surface area contributed by atoms with Crippen LogP contribution in [-0.2, 0) is 14.2 Å². The molecule has 0 heterocycles. The molecule has 2 unspecified atom stereocenters. The number of aliphatic hydroxyl groups excluding tert-OH is 1. The zero-order valence-electron chi connectivity index (χ0n) is 12.1. The van der Waals surface area contributed by atoms with Gasteiger partial charge in [0.15, 0.2) is 0 Å². The van der Waals surface area contributed by atoms with Crippen LogP contribution in [0.25, 0.3) is 0 Å². The molecular weight excluding hydrogens is 246 g/mol. The zero-order chi connectivity index (χ0) is 13.8. The van der Waals surface area contributed by atoms with Crippen molar-refractivity contribution in [3.05, 3.63) is 0 Å². The Labute approximate surface area is 116 Å². The van der Waals surface area contributed by atoms with Gasteiger partial charge in [0, 0.05) is 20.2 Å². The summed E-state index contributed by atoms with van der Waals surface area (Å²) in [6.45, 7) is 4.91. The maximum Gasteiger partial charge on any atom is 0.0701 e. The van der Waals surface area contributed by atoms with E-state index in [0.29, 0.717) is 39.0 Å². The monoisotopic (exact) mass is 275 g/mol. The number of hydrogen-bond donors (Lipinski definition) is 2. The Morgan fingerprint density at radius 1 is 1.00 bits per heavy atom. The third-order valence-electron chi connectivity index (χ3n) is 3.50. The Morgan fingerprint density at radius 2 is 1.68 bits per heavy atom. The first-order valence-corrected chi connectivity index (χ1v) is 7.38. The highest BCUT2D eigenvalue weighted by molar-refractivity contribution is 4.75. The van der Waals surface area contributed by atoms with Crippen LogP contribution in [0.15, 0.2) is 0 Å². The summed E-state index contributed by atoms with van der Waals surface area (Å²) in [4.78, 5) is 0. The van der Waals surface area contributed by atoms with Crippen LogP contribution < -0.4 is 5.32 Å². The van der Waals surface area contributed by atoms with Crippen molar-refractivity contribution in [2.45, 2.75) is 31.8 Å². The van der Waals surface area contributed by atoms with Crippen molar-refractivity contribution in [2.75, 3.05) is 53.2 Å². The fourth-order valence-electron chi connectivity index (χ4n) is 2.32. The maximum atomic E-state index is 9.81. The lowest BCUT2D eigenvalue weighted by Gasteiger charge is -2.27. The molecule has 0 saturated heterocycles. The topological polar surface area (TPSA) is 60.0 Å². The second-order valence-corrected chi connectivity index (χ2v) is 5.03. The minimum absolute atomic E-state index is 0.114. The largest absolute Gasteiger partial charge is 0.393 e. The van der Waals surface area contributed by atoms with Gasteiger partial charge in [0.1, 0.15) is 0 Å². The summed E-state index contributed by atoms with van der Waals surface area (Å²) in [5, 5.41) is 13.2. The normalized spacial score (nSPS) is 23.7. The van der Waals surface area contributed by atoms with Gasteiger partial charge < -0.3 is 24.6 Å². The molecule has 0 amide bonds. The van der Waals surface area contributed by atoms with Crippen molar-refractivity contribution < 1.29 is 19.3 Å². The molecule has 1 aliphatic rings. The molecule has 1 fully saturated rings. The van der Waals surface area contributed by atoms with Gasteiger partial charge in [0.2, 0.25) is 0 Å². The van der Waals surface area contributed by atoms with Crippen LogP contribution in [0.2, 0.25) is 0 Å². The van der Waals surface area contributed by atoms with Crippen LogP contribution in [-0.4, -0.2) is 64.4 Å². The minimum Gasteiger partial charge on any atom is -0.393 e. The van der Waals surface area contributed by atoms with Crippen LogP contribution >= 0.6 is 0 Å². The van der Waals surface area contributed by atoms with E-state index in [0.717, 1.165) is 25.9 Å². The molecule has 114 valence electrons. The molecule has 0 spiro atoms. The molecule has 1 rings (SSSR count). The zero-order valence-corrected chi connectivity index (χ0v) is 12.1. The highest BCUT2D eigenvalue weighted by Gasteiger charge is 2.22. The molecule has 0 radical (unpaired) electrons. The second kappa shape index (κ2) is 11.6. The van der Waals surface area contributed by atoms with Gasteiger partial charge in [-0.25, -0.2) is 0 Å². The lowest BCUT2D eigenvalue weighted by Crippen LogP contribution is -2.35. The number of ether oxygens (including phenoxy) is 3. The van der Waals surface area contributed by atoms with E-state index in [1.54, 1.807) is 7.11 Å². The Morgan fingerprint density at radius 3 is 2.42 bits per heavy atom. The summed E-state index contributed by atoms with van der Waals surface area (Å²) in [5.41, 5.74) is 0. The quantitative estimate of drug-likeness (QED) is 0.546. The molecule has 1 saturated carbocycles.